The number of nitrogens with one attached hydrogen (secondary N) is 1. The third kappa shape index (κ3) is 4.78. The van der Waals surface area contributed by atoms with E-state index in [1.165, 1.54) is 0 Å². The van der Waals surface area contributed by atoms with Crippen LogP contribution >= 0.6 is 0 Å². The molecular weight excluding hydrogens is 342 g/mol. The van der Waals surface area contributed by atoms with Gasteiger partial charge in [-0.2, -0.15) is 0 Å². The SMILES string of the molecule is CN(Cc1ccc(N(C)C)cc1)C(=O)COc1ccc2c(c1)CCC(=O)N2. The smallest absolute Gasteiger partial charge is 0.260 e. The van der Waals surface area contributed by atoms with E-state index in [0.29, 0.717) is 25.1 Å². The van der Waals surface area contributed by atoms with Gasteiger partial charge in [-0.15, -0.1) is 0 Å². The quantitative estimate of drug-likeness (QED) is 0.853. The van der Waals surface area contributed by atoms with Gasteiger partial charge in [0.25, 0.3) is 5.91 Å². The highest BCUT2D eigenvalue weighted by Crippen LogP contribution is 2.26. The Morgan fingerprint density at radius 2 is 1.81 bits per heavy atom. The normalized spacial score (nSPS) is 12.8. The molecule has 0 aliphatic carbocycles. The van der Waals surface area contributed by atoms with Crippen molar-refractivity contribution >= 4 is 23.2 Å². The molecule has 1 heterocycles. The molecule has 0 fully saturated rings. The van der Waals surface area contributed by atoms with Gasteiger partial charge in [0.15, 0.2) is 6.61 Å². The van der Waals surface area contributed by atoms with E-state index in [2.05, 4.69) is 5.32 Å². The number of ether oxygens (including phenoxy) is 1. The summed E-state index contributed by atoms with van der Waals surface area (Å²) >= 11 is 0. The van der Waals surface area contributed by atoms with Gasteiger partial charge in [-0.1, -0.05) is 12.1 Å². The topological polar surface area (TPSA) is 61.9 Å². The Morgan fingerprint density at radius 1 is 1.07 bits per heavy atom. The van der Waals surface area contributed by atoms with Crippen LogP contribution in [0, 0.1) is 0 Å². The number of anilines is 2. The number of hydrogen-bond acceptors (Lipinski definition) is 4. The first-order chi connectivity index (χ1) is 12.9. The Labute approximate surface area is 159 Å². The molecule has 6 nitrogen and oxygen atoms in total. The minimum Gasteiger partial charge on any atom is -0.484 e. The number of hydrogen-bond donors (Lipinski definition) is 1. The van der Waals surface area contributed by atoms with Crippen molar-refractivity contribution in [3.8, 4) is 5.75 Å². The number of fused-ring (bicyclic) bond motifs is 1. The van der Waals surface area contributed by atoms with Gasteiger partial charge in [0.1, 0.15) is 5.75 Å². The minimum absolute atomic E-state index is 0.0164. The van der Waals surface area contributed by atoms with Crippen LogP contribution in [0.3, 0.4) is 0 Å². The Morgan fingerprint density at radius 3 is 2.52 bits per heavy atom. The molecule has 2 amide bonds. The summed E-state index contributed by atoms with van der Waals surface area (Å²) in [6.45, 7) is 0.517. The average Bonchev–Trinajstić information content (AvgIpc) is 2.66. The summed E-state index contributed by atoms with van der Waals surface area (Å²) in [5.41, 5.74) is 4.05. The summed E-state index contributed by atoms with van der Waals surface area (Å²) in [7, 11) is 5.77. The predicted molar refractivity (Wildman–Crippen MR) is 106 cm³/mol. The van der Waals surface area contributed by atoms with E-state index < -0.39 is 0 Å². The van der Waals surface area contributed by atoms with Crippen LogP contribution in [0.4, 0.5) is 11.4 Å². The molecule has 0 aromatic heterocycles. The first kappa shape index (κ1) is 18.8. The molecule has 1 aliphatic rings. The Kier molecular flexibility index (Phi) is 5.64. The zero-order valence-electron chi connectivity index (χ0n) is 16.0. The highest BCUT2D eigenvalue weighted by Gasteiger charge is 2.16. The highest BCUT2D eigenvalue weighted by molar-refractivity contribution is 5.94. The molecule has 1 aliphatic heterocycles. The Balaban J connectivity index is 1.53. The van der Waals surface area contributed by atoms with E-state index in [1.807, 2.05) is 55.4 Å². The van der Waals surface area contributed by atoms with Gasteiger partial charge in [-0.25, -0.2) is 0 Å². The minimum atomic E-state index is -0.0855. The van der Waals surface area contributed by atoms with Crippen LogP contribution in [0.5, 0.6) is 5.75 Å². The molecule has 0 atom stereocenters. The molecule has 2 aromatic carbocycles. The molecule has 1 N–H and O–H groups in total. The molecule has 6 heteroatoms. The van der Waals surface area contributed by atoms with Crippen molar-refractivity contribution < 1.29 is 14.3 Å². The van der Waals surface area contributed by atoms with E-state index in [1.54, 1.807) is 18.0 Å². The summed E-state index contributed by atoms with van der Waals surface area (Å²) in [5.74, 6) is 0.589. The van der Waals surface area contributed by atoms with Crippen molar-refractivity contribution in [3.63, 3.8) is 0 Å². The summed E-state index contributed by atoms with van der Waals surface area (Å²) < 4.78 is 5.66. The van der Waals surface area contributed by atoms with Crippen molar-refractivity contribution in [2.75, 3.05) is 38.0 Å². The summed E-state index contributed by atoms with van der Waals surface area (Å²) in [6.07, 6.45) is 1.17. The van der Waals surface area contributed by atoms with Crippen LogP contribution in [-0.4, -0.2) is 44.5 Å². The first-order valence-electron chi connectivity index (χ1n) is 8.98. The molecule has 0 unspecified atom stereocenters. The number of carbonyl (C=O) groups is 2. The zero-order chi connectivity index (χ0) is 19.4. The zero-order valence-corrected chi connectivity index (χ0v) is 16.0. The molecule has 0 saturated carbocycles. The maximum atomic E-state index is 12.4. The lowest BCUT2D eigenvalue weighted by molar-refractivity contribution is -0.132. The highest BCUT2D eigenvalue weighted by atomic mass is 16.5. The van der Waals surface area contributed by atoms with Crippen molar-refractivity contribution in [3.05, 3.63) is 53.6 Å². The number of aryl methyl sites for hydroxylation is 1. The molecule has 0 spiro atoms. The van der Waals surface area contributed by atoms with Crippen LogP contribution in [0.1, 0.15) is 17.5 Å². The Bertz CT molecular complexity index is 831. The van der Waals surface area contributed by atoms with E-state index in [0.717, 1.165) is 22.5 Å². The van der Waals surface area contributed by atoms with Gasteiger partial charge in [0, 0.05) is 45.5 Å². The molecule has 0 bridgehead atoms. The van der Waals surface area contributed by atoms with Gasteiger partial charge in [-0.05, 0) is 47.9 Å². The number of rotatable bonds is 6. The van der Waals surface area contributed by atoms with Gasteiger partial charge >= 0.3 is 0 Å². The fourth-order valence-electron chi connectivity index (χ4n) is 2.97. The van der Waals surface area contributed by atoms with Crippen LogP contribution in [0.2, 0.25) is 0 Å². The fourth-order valence-corrected chi connectivity index (χ4v) is 2.97. The molecule has 3 rings (SSSR count). The van der Waals surface area contributed by atoms with E-state index in [4.69, 9.17) is 4.74 Å². The van der Waals surface area contributed by atoms with Crippen molar-refractivity contribution in [2.24, 2.45) is 0 Å². The number of nitrogens with zero attached hydrogens (tertiary/aromatic N) is 2. The molecule has 0 saturated heterocycles. The van der Waals surface area contributed by atoms with E-state index in [-0.39, 0.29) is 18.4 Å². The van der Waals surface area contributed by atoms with Crippen molar-refractivity contribution in [2.45, 2.75) is 19.4 Å². The maximum Gasteiger partial charge on any atom is 0.260 e. The number of likely N-dealkylation sites (N-methyl/N-ethyl adjacent to an activating group) is 1. The number of carbonyl (C=O) groups excluding carboxylic acids is 2. The van der Waals surface area contributed by atoms with Gasteiger partial charge in [0.2, 0.25) is 5.91 Å². The summed E-state index contributed by atoms with van der Waals surface area (Å²) in [4.78, 5) is 27.5. The Hall–Kier alpha value is -3.02. The second-order valence-electron chi connectivity index (χ2n) is 6.97. The molecular formula is C21H25N3O3. The van der Waals surface area contributed by atoms with E-state index >= 15 is 0 Å². The van der Waals surface area contributed by atoms with E-state index in [9.17, 15) is 9.59 Å². The summed E-state index contributed by atoms with van der Waals surface area (Å²) in [5, 5.41) is 2.84. The molecule has 2 aromatic rings. The maximum absolute atomic E-state index is 12.4. The van der Waals surface area contributed by atoms with Crippen LogP contribution in [0.15, 0.2) is 42.5 Å². The van der Waals surface area contributed by atoms with Gasteiger partial charge < -0.3 is 19.9 Å². The third-order valence-corrected chi connectivity index (χ3v) is 4.63. The fraction of sp³-hybridized carbons (Fsp3) is 0.333. The lowest BCUT2D eigenvalue weighted by Gasteiger charge is -2.20. The molecule has 142 valence electrons. The molecule has 27 heavy (non-hydrogen) atoms. The second kappa shape index (κ2) is 8.12. The second-order valence-corrected chi connectivity index (χ2v) is 6.97. The summed E-state index contributed by atoms with van der Waals surface area (Å²) in [6, 6.07) is 13.6. The average molecular weight is 367 g/mol. The largest absolute Gasteiger partial charge is 0.484 e. The standard InChI is InChI=1S/C21H25N3O3/c1-23(2)17-7-4-15(5-8-17)13-24(3)21(26)14-27-18-9-10-19-16(12-18)6-11-20(25)22-19/h4-5,7-10,12H,6,11,13-14H2,1-3H3,(H,22,25). The van der Waals surface area contributed by atoms with Crippen molar-refractivity contribution in [1.82, 2.24) is 4.90 Å². The van der Waals surface area contributed by atoms with Gasteiger partial charge in [-0.3, -0.25) is 9.59 Å². The first-order valence-corrected chi connectivity index (χ1v) is 8.98. The van der Waals surface area contributed by atoms with Crippen LogP contribution in [-0.2, 0) is 22.6 Å². The predicted octanol–water partition coefficient (Wildman–Crippen LogP) is 2.67. The van der Waals surface area contributed by atoms with Crippen LogP contribution in [0.25, 0.3) is 0 Å². The third-order valence-electron chi connectivity index (χ3n) is 4.63. The lowest BCUT2D eigenvalue weighted by Crippen LogP contribution is -2.31. The molecule has 0 radical (unpaired) electrons. The monoisotopic (exact) mass is 367 g/mol. The lowest BCUT2D eigenvalue weighted by atomic mass is 10.0. The number of amides is 2. The number of benzene rings is 2. The van der Waals surface area contributed by atoms with Crippen LogP contribution < -0.4 is 15.0 Å². The van der Waals surface area contributed by atoms with Gasteiger partial charge in [0.05, 0.1) is 0 Å². The van der Waals surface area contributed by atoms with Crippen molar-refractivity contribution in [1.29, 1.82) is 0 Å².